The molecule has 0 bridgehead atoms. The molecule has 0 radical (unpaired) electrons. The van der Waals surface area contributed by atoms with E-state index in [1.54, 1.807) is 6.07 Å². The molecule has 2 rings (SSSR count). The summed E-state index contributed by atoms with van der Waals surface area (Å²) in [6.07, 6.45) is 0. The zero-order valence-corrected chi connectivity index (χ0v) is 9.94. The Morgan fingerprint density at radius 3 is 2.75 bits per heavy atom. The van der Waals surface area contributed by atoms with Gasteiger partial charge in [0, 0.05) is 17.0 Å². The molecule has 1 aromatic carbocycles. The van der Waals surface area contributed by atoms with Crippen molar-refractivity contribution in [1.29, 1.82) is 0 Å². The van der Waals surface area contributed by atoms with Crippen molar-refractivity contribution in [2.24, 2.45) is 0 Å². The zero-order valence-electron chi connectivity index (χ0n) is 8.43. The SMILES string of the molecule is COc1cc(F)cc2cc(CCl)c(Cl)nc12. The molecule has 2 aromatic rings. The summed E-state index contributed by atoms with van der Waals surface area (Å²) in [5.41, 5.74) is 1.20. The Balaban J connectivity index is 2.79. The fourth-order valence-electron chi connectivity index (χ4n) is 1.49. The van der Waals surface area contributed by atoms with Crippen molar-refractivity contribution in [1.82, 2.24) is 4.98 Å². The first-order chi connectivity index (χ1) is 7.65. The molecule has 1 heterocycles. The Hall–Kier alpha value is -1.06. The molecule has 5 heteroatoms. The highest BCUT2D eigenvalue weighted by Crippen LogP contribution is 2.29. The Morgan fingerprint density at radius 1 is 1.38 bits per heavy atom. The standard InChI is InChI=1S/C11H8Cl2FNO/c1-16-9-4-8(14)3-6-2-7(5-12)11(13)15-10(6)9/h2-4H,5H2,1H3. The molecule has 0 unspecified atom stereocenters. The molecule has 0 amide bonds. The van der Waals surface area contributed by atoms with Gasteiger partial charge in [0.1, 0.15) is 22.2 Å². The first kappa shape index (κ1) is 11.4. The predicted molar refractivity (Wildman–Crippen MR) is 62.8 cm³/mol. The lowest BCUT2D eigenvalue weighted by Gasteiger charge is -2.07. The molecule has 0 N–H and O–H groups in total. The fraction of sp³-hybridized carbons (Fsp3) is 0.182. The van der Waals surface area contributed by atoms with Gasteiger partial charge in [0.2, 0.25) is 0 Å². The number of hydrogen-bond donors (Lipinski definition) is 0. The van der Waals surface area contributed by atoms with Gasteiger partial charge < -0.3 is 4.74 Å². The van der Waals surface area contributed by atoms with Crippen molar-refractivity contribution in [2.45, 2.75) is 5.88 Å². The molecule has 0 spiro atoms. The van der Waals surface area contributed by atoms with Crippen LogP contribution in [0.5, 0.6) is 5.75 Å². The maximum atomic E-state index is 13.2. The van der Waals surface area contributed by atoms with Crippen LogP contribution in [0.4, 0.5) is 4.39 Å². The number of aromatic nitrogens is 1. The molecule has 0 aliphatic carbocycles. The van der Waals surface area contributed by atoms with Crippen molar-refractivity contribution in [3.8, 4) is 5.75 Å². The summed E-state index contributed by atoms with van der Waals surface area (Å²) in [7, 11) is 1.46. The van der Waals surface area contributed by atoms with Gasteiger partial charge in [-0.15, -0.1) is 11.6 Å². The third-order valence-corrected chi connectivity index (χ3v) is 2.85. The lowest BCUT2D eigenvalue weighted by Crippen LogP contribution is -1.92. The highest BCUT2D eigenvalue weighted by Gasteiger charge is 2.10. The van der Waals surface area contributed by atoms with Crippen LogP contribution in [0.1, 0.15) is 5.56 Å². The molecule has 0 saturated heterocycles. The number of benzene rings is 1. The van der Waals surface area contributed by atoms with E-state index < -0.39 is 0 Å². The van der Waals surface area contributed by atoms with Crippen molar-refractivity contribution in [3.63, 3.8) is 0 Å². The number of pyridine rings is 1. The highest BCUT2D eigenvalue weighted by molar-refractivity contribution is 6.31. The molecular formula is C11H8Cl2FNO. The van der Waals surface area contributed by atoms with E-state index in [2.05, 4.69) is 4.98 Å². The van der Waals surface area contributed by atoms with E-state index in [1.807, 2.05) is 0 Å². The number of nitrogens with zero attached hydrogens (tertiary/aromatic N) is 1. The molecule has 1 aromatic heterocycles. The number of methoxy groups -OCH3 is 1. The van der Waals surface area contributed by atoms with Gasteiger partial charge in [-0.05, 0) is 12.1 Å². The summed E-state index contributed by atoms with van der Waals surface area (Å²) < 4.78 is 18.3. The van der Waals surface area contributed by atoms with Crippen LogP contribution >= 0.6 is 23.2 Å². The molecular weight excluding hydrogens is 252 g/mol. The van der Waals surface area contributed by atoms with E-state index >= 15 is 0 Å². The number of ether oxygens (including phenoxy) is 1. The predicted octanol–water partition coefficient (Wildman–Crippen LogP) is 3.77. The van der Waals surface area contributed by atoms with Gasteiger partial charge in [0.15, 0.2) is 0 Å². The maximum absolute atomic E-state index is 13.2. The second kappa shape index (κ2) is 4.44. The highest BCUT2D eigenvalue weighted by atomic mass is 35.5. The van der Waals surface area contributed by atoms with Crippen LogP contribution in [0, 0.1) is 5.82 Å². The minimum Gasteiger partial charge on any atom is -0.494 e. The van der Waals surface area contributed by atoms with E-state index in [1.165, 1.54) is 19.2 Å². The monoisotopic (exact) mass is 259 g/mol. The van der Waals surface area contributed by atoms with Crippen LogP contribution in [0.25, 0.3) is 10.9 Å². The van der Waals surface area contributed by atoms with E-state index in [9.17, 15) is 4.39 Å². The summed E-state index contributed by atoms with van der Waals surface area (Å²) in [5, 5.41) is 0.935. The van der Waals surface area contributed by atoms with Gasteiger partial charge in [0.25, 0.3) is 0 Å². The third kappa shape index (κ3) is 1.93. The van der Waals surface area contributed by atoms with Gasteiger partial charge in [-0.25, -0.2) is 9.37 Å². The molecule has 0 saturated carbocycles. The van der Waals surface area contributed by atoms with Crippen molar-refractivity contribution >= 4 is 34.1 Å². The summed E-state index contributed by atoms with van der Waals surface area (Å²) in [5.74, 6) is 0.215. The smallest absolute Gasteiger partial charge is 0.148 e. The molecule has 0 aliphatic rings. The molecule has 16 heavy (non-hydrogen) atoms. The molecule has 0 atom stereocenters. The van der Waals surface area contributed by atoms with E-state index in [0.29, 0.717) is 27.4 Å². The van der Waals surface area contributed by atoms with Crippen molar-refractivity contribution in [2.75, 3.05) is 7.11 Å². The van der Waals surface area contributed by atoms with Crippen LogP contribution in [0.2, 0.25) is 5.15 Å². The summed E-state index contributed by atoms with van der Waals surface area (Å²) in [6.45, 7) is 0. The Bertz CT molecular complexity index is 545. The molecule has 0 fully saturated rings. The Morgan fingerprint density at radius 2 is 2.12 bits per heavy atom. The average molecular weight is 260 g/mol. The first-order valence-electron chi connectivity index (χ1n) is 4.54. The quantitative estimate of drug-likeness (QED) is 0.605. The van der Waals surface area contributed by atoms with Gasteiger partial charge >= 0.3 is 0 Å². The van der Waals surface area contributed by atoms with Crippen LogP contribution < -0.4 is 4.74 Å². The maximum Gasteiger partial charge on any atom is 0.148 e. The number of alkyl halides is 1. The lowest BCUT2D eigenvalue weighted by molar-refractivity contribution is 0.415. The topological polar surface area (TPSA) is 22.1 Å². The molecule has 2 nitrogen and oxygen atoms in total. The van der Waals surface area contributed by atoms with Gasteiger partial charge in [-0.3, -0.25) is 0 Å². The molecule has 0 aliphatic heterocycles. The lowest BCUT2D eigenvalue weighted by atomic mass is 10.1. The van der Waals surface area contributed by atoms with Gasteiger partial charge in [0.05, 0.1) is 13.0 Å². The average Bonchev–Trinajstić information content (AvgIpc) is 2.28. The fourth-order valence-corrected chi connectivity index (χ4v) is 1.97. The molecule has 84 valence electrons. The van der Waals surface area contributed by atoms with Gasteiger partial charge in [-0.1, -0.05) is 11.6 Å². The normalized spacial score (nSPS) is 10.8. The minimum absolute atomic E-state index is 0.237. The van der Waals surface area contributed by atoms with E-state index in [4.69, 9.17) is 27.9 Å². The minimum atomic E-state index is -0.381. The second-order valence-electron chi connectivity index (χ2n) is 3.25. The number of hydrogen-bond acceptors (Lipinski definition) is 2. The Kier molecular flexibility index (Phi) is 3.17. The number of rotatable bonds is 2. The third-order valence-electron chi connectivity index (χ3n) is 2.24. The van der Waals surface area contributed by atoms with Crippen LogP contribution in [-0.4, -0.2) is 12.1 Å². The number of halogens is 3. The van der Waals surface area contributed by atoms with Crippen molar-refractivity contribution in [3.05, 3.63) is 34.7 Å². The van der Waals surface area contributed by atoms with E-state index in [0.717, 1.165) is 0 Å². The summed E-state index contributed by atoms with van der Waals surface area (Å²) >= 11 is 11.6. The van der Waals surface area contributed by atoms with E-state index in [-0.39, 0.29) is 11.7 Å². The van der Waals surface area contributed by atoms with Gasteiger partial charge in [-0.2, -0.15) is 0 Å². The van der Waals surface area contributed by atoms with Crippen LogP contribution in [0.15, 0.2) is 18.2 Å². The zero-order chi connectivity index (χ0) is 11.7. The number of fused-ring (bicyclic) bond motifs is 1. The first-order valence-corrected chi connectivity index (χ1v) is 5.45. The largest absolute Gasteiger partial charge is 0.494 e. The summed E-state index contributed by atoms with van der Waals surface area (Å²) in [6, 6.07) is 4.35. The van der Waals surface area contributed by atoms with Crippen molar-refractivity contribution < 1.29 is 9.13 Å². The second-order valence-corrected chi connectivity index (χ2v) is 3.88. The van der Waals surface area contributed by atoms with Crippen LogP contribution in [0.3, 0.4) is 0 Å². The van der Waals surface area contributed by atoms with Crippen LogP contribution in [-0.2, 0) is 5.88 Å². The Labute approximate surface area is 102 Å². The summed E-state index contributed by atoms with van der Waals surface area (Å²) in [4.78, 5) is 4.15.